The smallest absolute Gasteiger partial charge is 0.356 e. The Hall–Kier alpha value is -1.43. The molecule has 6 heteroatoms. The molecule has 0 aliphatic heterocycles. The molecule has 1 aromatic heterocycles. The van der Waals surface area contributed by atoms with Crippen LogP contribution in [0.3, 0.4) is 0 Å². The molecule has 1 aliphatic rings. The van der Waals surface area contributed by atoms with Crippen LogP contribution in [-0.4, -0.2) is 27.9 Å². The van der Waals surface area contributed by atoms with Crippen LogP contribution >= 0.6 is 11.3 Å². The molecule has 2 N–H and O–H groups in total. The number of hydrogen-bond acceptors (Lipinski definition) is 5. The van der Waals surface area contributed by atoms with Gasteiger partial charge in [-0.15, -0.1) is 0 Å². The highest BCUT2D eigenvalue weighted by atomic mass is 32.1. The highest BCUT2D eigenvalue weighted by molar-refractivity contribution is 7.17. The number of carbonyl (C=O) groups excluding carboxylic acids is 1. The first-order chi connectivity index (χ1) is 8.49. The summed E-state index contributed by atoms with van der Waals surface area (Å²) in [5.74, 6) is -0.843. The second-order valence-electron chi connectivity index (χ2n) is 4.72. The summed E-state index contributed by atoms with van der Waals surface area (Å²) in [4.78, 5) is 26.6. The number of carboxylic acid groups (broad SMARTS) is 1. The van der Waals surface area contributed by atoms with Crippen LogP contribution in [0.25, 0.3) is 0 Å². The van der Waals surface area contributed by atoms with Gasteiger partial charge >= 0.3 is 5.97 Å². The van der Waals surface area contributed by atoms with Crippen molar-refractivity contribution in [1.29, 1.82) is 0 Å². The fraction of sp³-hybridized carbons (Fsp3) is 0.583. The number of carbonyl (C=O) groups is 2. The van der Waals surface area contributed by atoms with Crippen molar-refractivity contribution in [2.24, 2.45) is 5.92 Å². The molecule has 0 amide bonds. The SMILES string of the molecule is CC(=O)c1sc(NC2CCCC2C)nc1C(=O)O. The molecule has 0 saturated heterocycles. The first-order valence-electron chi connectivity index (χ1n) is 6.00. The van der Waals surface area contributed by atoms with Gasteiger partial charge in [0.25, 0.3) is 0 Å². The lowest BCUT2D eigenvalue weighted by Gasteiger charge is -2.15. The zero-order valence-electron chi connectivity index (χ0n) is 10.4. The van der Waals surface area contributed by atoms with Crippen LogP contribution in [0.2, 0.25) is 0 Å². The van der Waals surface area contributed by atoms with Crippen LogP contribution in [0.5, 0.6) is 0 Å². The van der Waals surface area contributed by atoms with Gasteiger partial charge in [-0.3, -0.25) is 4.79 Å². The fourth-order valence-electron chi connectivity index (χ4n) is 2.28. The van der Waals surface area contributed by atoms with Gasteiger partial charge in [0.1, 0.15) is 4.88 Å². The quantitative estimate of drug-likeness (QED) is 0.821. The van der Waals surface area contributed by atoms with E-state index < -0.39 is 5.97 Å². The van der Waals surface area contributed by atoms with Gasteiger partial charge in [0.05, 0.1) is 0 Å². The number of thiazole rings is 1. The number of Topliss-reactive ketones (excluding diaryl/α,β-unsaturated/α-hetero) is 1. The first-order valence-corrected chi connectivity index (χ1v) is 6.82. The molecule has 1 heterocycles. The van der Waals surface area contributed by atoms with Crippen LogP contribution in [-0.2, 0) is 0 Å². The van der Waals surface area contributed by atoms with Crippen LogP contribution < -0.4 is 5.32 Å². The molecular weight excluding hydrogens is 252 g/mol. The molecule has 5 nitrogen and oxygen atoms in total. The van der Waals surface area contributed by atoms with E-state index in [1.807, 2.05) is 0 Å². The molecule has 0 radical (unpaired) electrons. The second kappa shape index (κ2) is 5.06. The van der Waals surface area contributed by atoms with Crippen molar-refractivity contribution in [2.75, 3.05) is 5.32 Å². The molecule has 1 aromatic rings. The van der Waals surface area contributed by atoms with Crippen molar-refractivity contribution in [1.82, 2.24) is 4.98 Å². The maximum absolute atomic E-state index is 11.4. The molecule has 2 rings (SSSR count). The molecule has 0 bridgehead atoms. The molecule has 1 saturated carbocycles. The summed E-state index contributed by atoms with van der Waals surface area (Å²) < 4.78 is 0. The Labute approximate surface area is 109 Å². The van der Waals surface area contributed by atoms with Crippen LogP contribution in [0.4, 0.5) is 5.13 Å². The normalized spacial score (nSPS) is 23.0. The summed E-state index contributed by atoms with van der Waals surface area (Å²) in [6.45, 7) is 3.53. The van der Waals surface area contributed by atoms with E-state index in [0.717, 1.165) is 17.8 Å². The zero-order valence-corrected chi connectivity index (χ0v) is 11.2. The molecular formula is C12H16N2O3S. The predicted octanol–water partition coefficient (Wildman–Crippen LogP) is 2.64. The molecule has 1 aliphatic carbocycles. The van der Waals surface area contributed by atoms with E-state index in [0.29, 0.717) is 17.1 Å². The van der Waals surface area contributed by atoms with E-state index in [1.165, 1.54) is 19.8 Å². The van der Waals surface area contributed by atoms with Gasteiger partial charge < -0.3 is 10.4 Å². The number of aromatic nitrogens is 1. The van der Waals surface area contributed by atoms with Crippen molar-refractivity contribution in [3.05, 3.63) is 10.6 Å². The summed E-state index contributed by atoms with van der Waals surface area (Å²) >= 11 is 1.13. The number of rotatable bonds is 4. The van der Waals surface area contributed by atoms with E-state index in [-0.39, 0.29) is 16.4 Å². The Bertz CT molecular complexity index is 452. The van der Waals surface area contributed by atoms with Gasteiger partial charge in [-0.25, -0.2) is 9.78 Å². The Morgan fingerprint density at radius 2 is 2.17 bits per heavy atom. The first kappa shape index (κ1) is 13.0. The average Bonchev–Trinajstić information content (AvgIpc) is 2.87. The van der Waals surface area contributed by atoms with Crippen molar-refractivity contribution in [3.8, 4) is 0 Å². The Balaban J connectivity index is 2.21. The Kier molecular flexibility index (Phi) is 3.65. The highest BCUT2D eigenvalue weighted by Gasteiger charge is 2.26. The average molecular weight is 268 g/mol. The van der Waals surface area contributed by atoms with E-state index in [2.05, 4.69) is 17.2 Å². The van der Waals surface area contributed by atoms with Gasteiger partial charge in [-0.2, -0.15) is 0 Å². The lowest BCUT2D eigenvalue weighted by molar-refractivity contribution is 0.0687. The second-order valence-corrected chi connectivity index (χ2v) is 5.72. The minimum absolute atomic E-state index is 0.138. The standard InChI is InChI=1S/C12H16N2O3S/c1-6-4-3-5-8(6)13-12-14-9(11(16)17)10(18-12)7(2)15/h6,8H,3-5H2,1-2H3,(H,13,14)(H,16,17). The minimum Gasteiger partial charge on any atom is -0.476 e. The van der Waals surface area contributed by atoms with Crippen LogP contribution in [0.15, 0.2) is 0 Å². The summed E-state index contributed by atoms with van der Waals surface area (Å²) in [7, 11) is 0. The van der Waals surface area contributed by atoms with Crippen molar-refractivity contribution < 1.29 is 14.7 Å². The van der Waals surface area contributed by atoms with Gasteiger partial charge in [0.15, 0.2) is 16.6 Å². The third-order valence-electron chi connectivity index (χ3n) is 3.32. The van der Waals surface area contributed by atoms with Crippen molar-refractivity contribution in [3.63, 3.8) is 0 Å². The molecule has 18 heavy (non-hydrogen) atoms. The topological polar surface area (TPSA) is 79.3 Å². The van der Waals surface area contributed by atoms with Gasteiger partial charge in [0, 0.05) is 13.0 Å². The lowest BCUT2D eigenvalue weighted by atomic mass is 10.1. The Morgan fingerprint density at radius 1 is 1.44 bits per heavy atom. The zero-order chi connectivity index (χ0) is 13.3. The van der Waals surface area contributed by atoms with Gasteiger partial charge in [-0.05, 0) is 18.8 Å². The van der Waals surface area contributed by atoms with Crippen molar-refractivity contribution >= 4 is 28.2 Å². The summed E-state index contributed by atoms with van der Waals surface area (Å²) in [5.41, 5.74) is -0.138. The highest BCUT2D eigenvalue weighted by Crippen LogP contribution is 2.31. The van der Waals surface area contributed by atoms with Gasteiger partial charge in [-0.1, -0.05) is 24.7 Å². The van der Waals surface area contributed by atoms with E-state index in [4.69, 9.17) is 5.11 Å². The summed E-state index contributed by atoms with van der Waals surface area (Å²) in [6, 6.07) is 0.331. The molecule has 98 valence electrons. The maximum Gasteiger partial charge on any atom is 0.356 e. The Morgan fingerprint density at radius 3 is 2.61 bits per heavy atom. The number of nitrogens with one attached hydrogen (secondary N) is 1. The lowest BCUT2D eigenvalue weighted by Crippen LogP contribution is -2.21. The fourth-order valence-corrected chi connectivity index (χ4v) is 3.20. The minimum atomic E-state index is -1.15. The number of ketones is 1. The summed E-state index contributed by atoms with van der Waals surface area (Å²) in [5, 5.41) is 12.8. The van der Waals surface area contributed by atoms with E-state index >= 15 is 0 Å². The van der Waals surface area contributed by atoms with Gasteiger partial charge in [0.2, 0.25) is 0 Å². The molecule has 1 fully saturated rings. The van der Waals surface area contributed by atoms with E-state index in [1.54, 1.807) is 0 Å². The molecule has 0 spiro atoms. The molecule has 0 aromatic carbocycles. The molecule has 2 unspecified atom stereocenters. The number of aromatic carboxylic acids is 1. The maximum atomic E-state index is 11.4. The predicted molar refractivity (Wildman–Crippen MR) is 69.5 cm³/mol. The number of nitrogens with zero attached hydrogens (tertiary/aromatic N) is 1. The summed E-state index contributed by atoms with van der Waals surface area (Å²) in [6.07, 6.45) is 3.42. The third kappa shape index (κ3) is 2.53. The number of anilines is 1. The largest absolute Gasteiger partial charge is 0.476 e. The number of carboxylic acids is 1. The number of hydrogen-bond donors (Lipinski definition) is 2. The van der Waals surface area contributed by atoms with Crippen LogP contribution in [0, 0.1) is 5.92 Å². The van der Waals surface area contributed by atoms with E-state index in [9.17, 15) is 9.59 Å². The molecule has 2 atom stereocenters. The monoisotopic (exact) mass is 268 g/mol. The van der Waals surface area contributed by atoms with Crippen LogP contribution in [0.1, 0.15) is 53.3 Å². The third-order valence-corrected chi connectivity index (χ3v) is 4.41. The van der Waals surface area contributed by atoms with Crippen molar-refractivity contribution in [2.45, 2.75) is 39.2 Å².